The molecule has 0 radical (unpaired) electrons. The van der Waals surface area contributed by atoms with Crippen LogP contribution in [-0.2, 0) is 4.74 Å². The maximum atomic E-state index is 13.6. The number of halogens is 1. The molecule has 17 heavy (non-hydrogen) atoms. The summed E-state index contributed by atoms with van der Waals surface area (Å²) in [4.78, 5) is 11.9. The summed E-state index contributed by atoms with van der Waals surface area (Å²) in [7, 11) is 0. The van der Waals surface area contributed by atoms with Gasteiger partial charge >= 0.3 is 0 Å². The standard InChI is InChI=1S/C10H10FN5O/c1-5-2-6(11)10(17-5)16-4-15-7-8(12)13-3-14-9(7)16/h2-5,10H,1H3,(H2,12,13,14). The number of hydrogen-bond donors (Lipinski definition) is 1. The Labute approximate surface area is 95.9 Å². The Bertz CT molecular complexity index is 608. The van der Waals surface area contributed by atoms with Crippen LogP contribution in [0, 0.1) is 0 Å². The lowest BCUT2D eigenvalue weighted by atomic mass is 10.4. The molecule has 1 aliphatic heterocycles. The zero-order valence-electron chi connectivity index (χ0n) is 9.04. The van der Waals surface area contributed by atoms with Gasteiger partial charge in [0.1, 0.15) is 17.7 Å². The van der Waals surface area contributed by atoms with E-state index in [1.54, 1.807) is 6.92 Å². The van der Waals surface area contributed by atoms with Crippen molar-refractivity contribution in [3.05, 3.63) is 24.6 Å². The quantitative estimate of drug-likeness (QED) is 0.802. The van der Waals surface area contributed by atoms with Gasteiger partial charge in [0.2, 0.25) is 0 Å². The lowest BCUT2D eigenvalue weighted by molar-refractivity contribution is 0.0145. The Morgan fingerprint density at radius 2 is 2.24 bits per heavy atom. The molecule has 0 amide bonds. The van der Waals surface area contributed by atoms with Gasteiger partial charge in [0.25, 0.3) is 0 Å². The molecule has 0 saturated carbocycles. The number of hydrogen-bond acceptors (Lipinski definition) is 5. The number of rotatable bonds is 1. The average molecular weight is 235 g/mol. The van der Waals surface area contributed by atoms with Gasteiger partial charge in [0.15, 0.2) is 17.7 Å². The fourth-order valence-corrected chi connectivity index (χ4v) is 1.85. The normalized spacial score (nSPS) is 24.2. The Balaban J connectivity index is 2.13. The highest BCUT2D eigenvalue weighted by Gasteiger charge is 2.28. The van der Waals surface area contributed by atoms with Crippen LogP contribution in [-0.4, -0.2) is 25.6 Å². The van der Waals surface area contributed by atoms with Crippen molar-refractivity contribution >= 4 is 17.0 Å². The number of fused-ring (bicyclic) bond motifs is 1. The van der Waals surface area contributed by atoms with Crippen LogP contribution in [0.2, 0.25) is 0 Å². The van der Waals surface area contributed by atoms with Crippen LogP contribution in [0.5, 0.6) is 0 Å². The van der Waals surface area contributed by atoms with Crippen molar-refractivity contribution in [2.75, 3.05) is 5.73 Å². The minimum absolute atomic E-state index is 0.267. The van der Waals surface area contributed by atoms with Crippen molar-refractivity contribution in [2.45, 2.75) is 19.3 Å². The Morgan fingerprint density at radius 1 is 1.41 bits per heavy atom. The highest BCUT2D eigenvalue weighted by molar-refractivity contribution is 5.81. The van der Waals surface area contributed by atoms with Gasteiger partial charge in [-0.3, -0.25) is 4.57 Å². The van der Waals surface area contributed by atoms with E-state index in [-0.39, 0.29) is 17.7 Å². The number of nitrogens with two attached hydrogens (primary N) is 1. The zero-order chi connectivity index (χ0) is 12.0. The molecule has 6 nitrogen and oxygen atoms in total. The van der Waals surface area contributed by atoms with Crippen LogP contribution in [0.1, 0.15) is 13.2 Å². The second-order valence-corrected chi connectivity index (χ2v) is 3.83. The maximum Gasteiger partial charge on any atom is 0.189 e. The molecule has 0 aliphatic carbocycles. The Morgan fingerprint density at radius 3 is 2.94 bits per heavy atom. The van der Waals surface area contributed by atoms with E-state index in [0.717, 1.165) is 0 Å². The van der Waals surface area contributed by atoms with Gasteiger partial charge in [0, 0.05) is 0 Å². The van der Waals surface area contributed by atoms with Gasteiger partial charge in [0.05, 0.1) is 12.4 Å². The molecule has 2 N–H and O–H groups in total. The van der Waals surface area contributed by atoms with Crippen LogP contribution in [0.4, 0.5) is 10.2 Å². The SMILES string of the molecule is CC1C=C(F)C(n2cnc3c(N)ncnc32)O1. The first kappa shape index (κ1) is 10.2. The zero-order valence-corrected chi connectivity index (χ0v) is 9.04. The molecule has 2 unspecified atom stereocenters. The van der Waals surface area contributed by atoms with Gasteiger partial charge in [-0.05, 0) is 13.0 Å². The van der Waals surface area contributed by atoms with E-state index in [9.17, 15) is 4.39 Å². The summed E-state index contributed by atoms with van der Waals surface area (Å²) in [5.74, 6) is -0.0850. The molecule has 0 spiro atoms. The van der Waals surface area contributed by atoms with Crippen molar-refractivity contribution in [1.82, 2.24) is 19.5 Å². The molecule has 2 aromatic rings. The summed E-state index contributed by atoms with van der Waals surface area (Å²) in [6, 6.07) is 0. The van der Waals surface area contributed by atoms with Crippen LogP contribution in [0.25, 0.3) is 11.2 Å². The van der Waals surface area contributed by atoms with E-state index in [1.807, 2.05) is 0 Å². The molecular formula is C10H10FN5O. The van der Waals surface area contributed by atoms with Crippen molar-refractivity contribution in [3.63, 3.8) is 0 Å². The first-order valence-electron chi connectivity index (χ1n) is 5.12. The second-order valence-electron chi connectivity index (χ2n) is 3.83. The monoisotopic (exact) mass is 235 g/mol. The van der Waals surface area contributed by atoms with Crippen LogP contribution in [0.15, 0.2) is 24.6 Å². The van der Waals surface area contributed by atoms with Gasteiger partial charge in [-0.2, -0.15) is 0 Å². The van der Waals surface area contributed by atoms with Gasteiger partial charge in [-0.1, -0.05) is 0 Å². The molecule has 2 atom stereocenters. The summed E-state index contributed by atoms with van der Waals surface area (Å²) in [6.45, 7) is 1.77. The smallest absolute Gasteiger partial charge is 0.189 e. The van der Waals surface area contributed by atoms with E-state index < -0.39 is 6.23 Å². The molecule has 3 heterocycles. The molecule has 1 aliphatic rings. The van der Waals surface area contributed by atoms with Crippen LogP contribution in [0.3, 0.4) is 0 Å². The minimum Gasteiger partial charge on any atom is -0.382 e. The van der Waals surface area contributed by atoms with Gasteiger partial charge in [-0.15, -0.1) is 0 Å². The fourth-order valence-electron chi connectivity index (χ4n) is 1.85. The summed E-state index contributed by atoms with van der Waals surface area (Å²) >= 11 is 0. The molecule has 0 fully saturated rings. The molecule has 7 heteroatoms. The predicted molar refractivity (Wildman–Crippen MR) is 58.5 cm³/mol. The van der Waals surface area contributed by atoms with E-state index in [0.29, 0.717) is 11.2 Å². The molecule has 0 aromatic carbocycles. The van der Waals surface area contributed by atoms with Crippen molar-refractivity contribution in [3.8, 4) is 0 Å². The third-order valence-corrected chi connectivity index (χ3v) is 2.61. The lowest BCUT2D eigenvalue weighted by Crippen LogP contribution is -2.11. The highest BCUT2D eigenvalue weighted by Crippen LogP contribution is 2.31. The summed E-state index contributed by atoms with van der Waals surface area (Å²) in [6.07, 6.45) is 3.10. The number of aromatic nitrogens is 4. The van der Waals surface area contributed by atoms with Crippen molar-refractivity contribution in [2.24, 2.45) is 0 Å². The molecule has 2 aromatic heterocycles. The summed E-state index contributed by atoms with van der Waals surface area (Å²) in [5, 5.41) is 0. The van der Waals surface area contributed by atoms with Crippen molar-refractivity contribution in [1.29, 1.82) is 0 Å². The lowest BCUT2D eigenvalue weighted by Gasteiger charge is -2.13. The van der Waals surface area contributed by atoms with E-state index >= 15 is 0 Å². The molecule has 0 saturated heterocycles. The molecular weight excluding hydrogens is 225 g/mol. The predicted octanol–water partition coefficient (Wildman–Crippen LogP) is 1.18. The molecule has 88 valence electrons. The summed E-state index contributed by atoms with van der Waals surface area (Å²) in [5.41, 5.74) is 6.56. The largest absolute Gasteiger partial charge is 0.382 e. The molecule has 3 rings (SSSR count). The van der Waals surface area contributed by atoms with Crippen LogP contribution >= 0.6 is 0 Å². The second kappa shape index (κ2) is 3.49. The Hall–Kier alpha value is -2.02. The van der Waals surface area contributed by atoms with Gasteiger partial charge < -0.3 is 10.5 Å². The third-order valence-electron chi connectivity index (χ3n) is 2.61. The Kier molecular flexibility index (Phi) is 2.08. The van der Waals surface area contributed by atoms with E-state index in [4.69, 9.17) is 10.5 Å². The number of nitrogens with zero attached hydrogens (tertiary/aromatic N) is 4. The average Bonchev–Trinajstić information content (AvgIpc) is 2.83. The summed E-state index contributed by atoms with van der Waals surface area (Å²) < 4.78 is 20.6. The fraction of sp³-hybridized carbons (Fsp3) is 0.300. The maximum absolute atomic E-state index is 13.6. The van der Waals surface area contributed by atoms with Gasteiger partial charge in [-0.25, -0.2) is 19.3 Å². The van der Waals surface area contributed by atoms with E-state index in [1.165, 1.54) is 23.3 Å². The third kappa shape index (κ3) is 1.47. The minimum atomic E-state index is -0.815. The number of anilines is 1. The van der Waals surface area contributed by atoms with Crippen molar-refractivity contribution < 1.29 is 9.13 Å². The van der Waals surface area contributed by atoms with Crippen LogP contribution < -0.4 is 5.73 Å². The first-order chi connectivity index (χ1) is 8.16. The van der Waals surface area contributed by atoms with E-state index in [2.05, 4.69) is 15.0 Å². The number of ether oxygens (including phenoxy) is 1. The first-order valence-corrected chi connectivity index (χ1v) is 5.12. The number of imidazole rings is 1. The molecule has 0 bridgehead atoms. The number of nitrogen functional groups attached to an aromatic ring is 1. The topological polar surface area (TPSA) is 78.9 Å². The highest BCUT2D eigenvalue weighted by atomic mass is 19.1.